The lowest BCUT2D eigenvalue weighted by Gasteiger charge is -2.18. The molecule has 286 valence electrons. The van der Waals surface area contributed by atoms with Crippen LogP contribution < -0.4 is 16.0 Å². The maximum absolute atomic E-state index is 14.2. The van der Waals surface area contributed by atoms with E-state index in [1.54, 1.807) is 48.5 Å². The number of thiophene rings is 1. The molecule has 0 spiro atoms. The maximum atomic E-state index is 14.2. The van der Waals surface area contributed by atoms with Gasteiger partial charge in [-0.25, -0.2) is 4.79 Å². The van der Waals surface area contributed by atoms with Crippen LogP contribution in [0.1, 0.15) is 60.9 Å². The van der Waals surface area contributed by atoms with E-state index in [0.717, 1.165) is 56.9 Å². The first-order valence-electron chi connectivity index (χ1n) is 18.7. The predicted molar refractivity (Wildman–Crippen MR) is 229 cm³/mol. The summed E-state index contributed by atoms with van der Waals surface area (Å²) in [6.07, 6.45) is 4.22. The molecule has 57 heavy (non-hydrogen) atoms. The first-order valence-corrected chi connectivity index (χ1v) is 20.4. The summed E-state index contributed by atoms with van der Waals surface area (Å²) in [5, 5.41) is 8.65. The second kappa shape index (κ2) is 18.1. The fourth-order valence-electron chi connectivity index (χ4n) is 6.73. The third-order valence-electron chi connectivity index (χ3n) is 9.68. The molecule has 1 heterocycles. The molecule has 1 aliphatic rings. The molecule has 1 aromatic heterocycles. The Kier molecular flexibility index (Phi) is 12.4. The Balaban J connectivity index is 1.13. The van der Waals surface area contributed by atoms with Crippen LogP contribution in [0.5, 0.6) is 0 Å². The van der Waals surface area contributed by atoms with Gasteiger partial charge in [0.1, 0.15) is 15.9 Å². The summed E-state index contributed by atoms with van der Waals surface area (Å²) in [6, 6.07) is 43.1. The van der Waals surface area contributed by atoms with Crippen molar-refractivity contribution in [1.29, 1.82) is 0 Å². The highest BCUT2D eigenvalue weighted by molar-refractivity contribution is 8.00. The van der Waals surface area contributed by atoms with Crippen molar-refractivity contribution >= 4 is 63.6 Å². The van der Waals surface area contributed by atoms with Crippen LogP contribution in [-0.2, 0) is 27.2 Å². The molecule has 0 saturated heterocycles. The third kappa shape index (κ3) is 9.60. The molecule has 7 rings (SSSR count). The SMILES string of the molecule is COC(=O)c1c(NC(=O)C(Sc2cccc(NC(=O)/C(=C\c3ccc(-c4ccccc4)cc3)NC(=O)c3ccccc3)c2)c2ccccc2)sc2c1CCC(C)C2. The van der Waals surface area contributed by atoms with Crippen molar-refractivity contribution in [2.24, 2.45) is 5.92 Å². The number of thioether (sulfide) groups is 1. The molecule has 1 aliphatic carbocycles. The number of nitrogens with one attached hydrogen (secondary N) is 3. The Labute approximate surface area is 340 Å². The smallest absolute Gasteiger partial charge is 0.341 e. The van der Waals surface area contributed by atoms with Crippen molar-refractivity contribution in [3.05, 3.63) is 178 Å². The van der Waals surface area contributed by atoms with Gasteiger partial charge in [0.2, 0.25) is 5.91 Å². The van der Waals surface area contributed by atoms with Gasteiger partial charge in [-0.1, -0.05) is 116 Å². The number of anilines is 2. The highest BCUT2D eigenvalue weighted by Gasteiger charge is 2.31. The lowest BCUT2D eigenvalue weighted by atomic mass is 9.88. The third-order valence-corrected chi connectivity index (χ3v) is 12.1. The van der Waals surface area contributed by atoms with Crippen molar-refractivity contribution in [3.8, 4) is 11.1 Å². The molecule has 0 radical (unpaired) electrons. The second-order valence-electron chi connectivity index (χ2n) is 13.8. The van der Waals surface area contributed by atoms with Gasteiger partial charge < -0.3 is 20.7 Å². The number of benzene rings is 5. The van der Waals surface area contributed by atoms with Gasteiger partial charge in [-0.2, -0.15) is 0 Å². The lowest BCUT2D eigenvalue weighted by Crippen LogP contribution is -2.30. The number of esters is 1. The van der Waals surface area contributed by atoms with E-state index in [1.807, 2.05) is 97.1 Å². The van der Waals surface area contributed by atoms with E-state index >= 15 is 0 Å². The highest BCUT2D eigenvalue weighted by Crippen LogP contribution is 2.42. The molecular weight excluding hydrogens is 751 g/mol. The van der Waals surface area contributed by atoms with Gasteiger partial charge in [0.25, 0.3) is 11.8 Å². The largest absolute Gasteiger partial charge is 0.465 e. The van der Waals surface area contributed by atoms with E-state index in [-0.39, 0.29) is 11.6 Å². The van der Waals surface area contributed by atoms with E-state index in [2.05, 4.69) is 22.9 Å². The topological polar surface area (TPSA) is 114 Å². The first kappa shape index (κ1) is 39.0. The summed E-state index contributed by atoms with van der Waals surface area (Å²) in [6.45, 7) is 2.19. The van der Waals surface area contributed by atoms with E-state index in [1.165, 1.54) is 30.2 Å². The fourth-order valence-corrected chi connectivity index (χ4v) is 9.21. The van der Waals surface area contributed by atoms with Crippen LogP contribution in [0.2, 0.25) is 0 Å². The van der Waals surface area contributed by atoms with Crippen molar-refractivity contribution < 1.29 is 23.9 Å². The number of fused-ring (bicyclic) bond motifs is 1. The summed E-state index contributed by atoms with van der Waals surface area (Å²) in [5.74, 6) is -1.19. The van der Waals surface area contributed by atoms with Gasteiger partial charge in [-0.05, 0) is 89.4 Å². The minimum absolute atomic E-state index is 0.0605. The Morgan fingerprint density at radius 2 is 1.46 bits per heavy atom. The van der Waals surface area contributed by atoms with E-state index < -0.39 is 23.0 Å². The van der Waals surface area contributed by atoms with Crippen LogP contribution in [0.15, 0.2) is 150 Å². The van der Waals surface area contributed by atoms with Gasteiger partial charge in [-0.15, -0.1) is 23.1 Å². The predicted octanol–water partition coefficient (Wildman–Crippen LogP) is 10.2. The van der Waals surface area contributed by atoms with Gasteiger partial charge in [0, 0.05) is 21.0 Å². The summed E-state index contributed by atoms with van der Waals surface area (Å²) >= 11 is 2.77. The average molecular weight is 792 g/mol. The van der Waals surface area contributed by atoms with E-state index in [9.17, 15) is 19.2 Å². The van der Waals surface area contributed by atoms with Gasteiger partial charge in [0.05, 0.1) is 12.7 Å². The Bertz CT molecular complexity index is 2410. The summed E-state index contributed by atoms with van der Waals surface area (Å²) in [4.78, 5) is 56.3. The lowest BCUT2D eigenvalue weighted by molar-refractivity contribution is -0.116. The maximum Gasteiger partial charge on any atom is 0.341 e. The van der Waals surface area contributed by atoms with E-state index in [0.29, 0.717) is 27.7 Å². The number of ether oxygens (including phenoxy) is 1. The molecule has 3 amide bonds. The number of carbonyl (C=O) groups is 4. The van der Waals surface area contributed by atoms with Gasteiger partial charge in [0.15, 0.2) is 0 Å². The molecule has 3 N–H and O–H groups in total. The normalized spacial score (nSPS) is 14.1. The minimum Gasteiger partial charge on any atom is -0.465 e. The second-order valence-corrected chi connectivity index (χ2v) is 16.1. The molecule has 0 aliphatic heterocycles. The molecule has 0 fully saturated rings. The van der Waals surface area contributed by atoms with Gasteiger partial charge >= 0.3 is 5.97 Å². The van der Waals surface area contributed by atoms with E-state index in [4.69, 9.17) is 4.74 Å². The van der Waals surface area contributed by atoms with Crippen LogP contribution in [0, 0.1) is 5.92 Å². The Hall–Kier alpha value is -6.23. The van der Waals surface area contributed by atoms with Crippen LogP contribution in [-0.4, -0.2) is 30.8 Å². The van der Waals surface area contributed by atoms with Crippen molar-refractivity contribution in [3.63, 3.8) is 0 Å². The minimum atomic E-state index is -0.694. The highest BCUT2D eigenvalue weighted by atomic mass is 32.2. The Morgan fingerprint density at radius 3 is 2.16 bits per heavy atom. The molecule has 2 atom stereocenters. The molecule has 0 bridgehead atoms. The van der Waals surface area contributed by atoms with Crippen LogP contribution in [0.4, 0.5) is 10.7 Å². The Morgan fingerprint density at radius 1 is 0.789 bits per heavy atom. The van der Waals surface area contributed by atoms with Crippen molar-refractivity contribution in [2.75, 3.05) is 17.7 Å². The number of methoxy groups -OCH3 is 1. The summed E-state index contributed by atoms with van der Waals surface area (Å²) in [7, 11) is 1.36. The molecule has 0 saturated carbocycles. The summed E-state index contributed by atoms with van der Waals surface area (Å²) in [5.41, 5.74) is 5.95. The molecule has 6 aromatic rings. The number of amides is 3. The zero-order valence-electron chi connectivity index (χ0n) is 31.5. The number of rotatable bonds is 12. The first-order chi connectivity index (χ1) is 27.7. The molecule has 10 heteroatoms. The molecular formula is C47H41N3O5S2. The quantitative estimate of drug-likeness (QED) is 0.0646. The van der Waals surface area contributed by atoms with Crippen molar-refractivity contribution in [2.45, 2.75) is 36.3 Å². The molecule has 5 aromatic carbocycles. The average Bonchev–Trinajstić information content (AvgIpc) is 3.60. The summed E-state index contributed by atoms with van der Waals surface area (Å²) < 4.78 is 5.16. The number of carbonyl (C=O) groups excluding carboxylic acids is 4. The zero-order chi connectivity index (χ0) is 39.7. The van der Waals surface area contributed by atoms with Crippen LogP contribution in [0.25, 0.3) is 17.2 Å². The van der Waals surface area contributed by atoms with Crippen LogP contribution in [0.3, 0.4) is 0 Å². The fraction of sp³-hybridized carbons (Fsp3) is 0.149. The van der Waals surface area contributed by atoms with Gasteiger partial charge in [-0.3, -0.25) is 14.4 Å². The standard InChI is InChI=1S/C47H41N3O5S2/c1-30-21-26-38-40(27-30)57-46(41(38)47(54)55-2)50-45(53)42(34-15-8-4-9-16-34)56-37-20-12-19-36(29-37)48-44(52)39(49-43(51)35-17-10-5-11-18-35)28-31-22-24-33(25-23-31)32-13-6-3-7-14-32/h3-20,22-25,28-30,42H,21,26-27H2,1-2H3,(H,48,52)(H,49,51)(H,50,53)/b39-28+. The zero-order valence-corrected chi connectivity index (χ0v) is 33.1. The molecule has 8 nitrogen and oxygen atoms in total. The van der Waals surface area contributed by atoms with Crippen LogP contribution >= 0.6 is 23.1 Å². The number of hydrogen-bond acceptors (Lipinski definition) is 7. The van der Waals surface area contributed by atoms with Crippen molar-refractivity contribution in [1.82, 2.24) is 5.32 Å². The molecule has 2 unspecified atom stereocenters. The number of hydrogen-bond donors (Lipinski definition) is 3. The monoisotopic (exact) mass is 791 g/mol.